The highest BCUT2D eigenvalue weighted by Gasteiger charge is 2.29. The quantitative estimate of drug-likeness (QED) is 0.799. The first kappa shape index (κ1) is 15.3. The van der Waals surface area contributed by atoms with Gasteiger partial charge in [0, 0.05) is 18.7 Å². The standard InChI is InChI=1S/C15H18FNO4/c1-20-13-6-5-10(8-12(13)16)14(18)17-7-3-4-11(9-17)15(19)21-2/h5-6,8,11H,3-4,7,9H2,1-2H3/t11-/m0/s1. The normalized spacial score (nSPS) is 18.2. The highest BCUT2D eigenvalue weighted by Crippen LogP contribution is 2.22. The van der Waals surface area contributed by atoms with Crippen LogP contribution in [0.25, 0.3) is 0 Å². The summed E-state index contributed by atoms with van der Waals surface area (Å²) in [4.78, 5) is 25.5. The number of benzene rings is 1. The highest BCUT2D eigenvalue weighted by atomic mass is 19.1. The van der Waals surface area contributed by atoms with E-state index in [1.54, 1.807) is 4.90 Å². The Kier molecular flexibility index (Phi) is 4.77. The Bertz CT molecular complexity index is 546. The molecule has 1 aromatic rings. The number of ether oxygens (including phenoxy) is 2. The van der Waals surface area contributed by atoms with E-state index in [2.05, 4.69) is 0 Å². The van der Waals surface area contributed by atoms with Gasteiger partial charge in [-0.05, 0) is 31.0 Å². The van der Waals surface area contributed by atoms with E-state index in [0.717, 1.165) is 12.5 Å². The second-order valence-electron chi connectivity index (χ2n) is 4.96. The third-order valence-electron chi connectivity index (χ3n) is 3.64. The van der Waals surface area contributed by atoms with Crippen molar-refractivity contribution in [2.75, 3.05) is 27.3 Å². The molecule has 0 N–H and O–H groups in total. The fraction of sp³-hybridized carbons (Fsp3) is 0.467. The summed E-state index contributed by atoms with van der Waals surface area (Å²) in [7, 11) is 2.70. The van der Waals surface area contributed by atoms with Gasteiger partial charge in [-0.15, -0.1) is 0 Å². The Labute approximate surface area is 122 Å². The fourth-order valence-electron chi connectivity index (χ4n) is 2.50. The Hall–Kier alpha value is -2.11. The van der Waals surface area contributed by atoms with Crippen LogP contribution in [0.2, 0.25) is 0 Å². The first-order valence-corrected chi connectivity index (χ1v) is 6.77. The fourth-order valence-corrected chi connectivity index (χ4v) is 2.50. The van der Waals surface area contributed by atoms with Gasteiger partial charge < -0.3 is 14.4 Å². The number of carbonyl (C=O) groups is 2. The van der Waals surface area contributed by atoms with Crippen LogP contribution >= 0.6 is 0 Å². The first-order valence-electron chi connectivity index (χ1n) is 6.77. The summed E-state index contributed by atoms with van der Waals surface area (Å²) in [5.74, 6) is -1.39. The number of hydrogen-bond donors (Lipinski definition) is 0. The van der Waals surface area contributed by atoms with Crippen molar-refractivity contribution in [1.29, 1.82) is 0 Å². The molecule has 0 saturated carbocycles. The highest BCUT2D eigenvalue weighted by molar-refractivity contribution is 5.94. The monoisotopic (exact) mass is 295 g/mol. The summed E-state index contributed by atoms with van der Waals surface area (Å²) in [6.07, 6.45) is 1.43. The summed E-state index contributed by atoms with van der Waals surface area (Å²) in [6.45, 7) is 0.860. The number of likely N-dealkylation sites (tertiary alicyclic amines) is 1. The summed E-state index contributed by atoms with van der Waals surface area (Å²) < 4.78 is 23.2. The van der Waals surface area contributed by atoms with Gasteiger partial charge in [-0.25, -0.2) is 4.39 Å². The van der Waals surface area contributed by atoms with Crippen LogP contribution in [0.5, 0.6) is 5.75 Å². The minimum absolute atomic E-state index is 0.0950. The van der Waals surface area contributed by atoms with Gasteiger partial charge in [0.1, 0.15) is 0 Å². The van der Waals surface area contributed by atoms with Crippen molar-refractivity contribution in [3.05, 3.63) is 29.6 Å². The number of halogens is 1. The molecular formula is C15H18FNO4. The van der Waals surface area contributed by atoms with Gasteiger partial charge in [-0.1, -0.05) is 0 Å². The van der Waals surface area contributed by atoms with E-state index < -0.39 is 5.82 Å². The van der Waals surface area contributed by atoms with E-state index in [1.807, 2.05) is 0 Å². The third-order valence-corrected chi connectivity index (χ3v) is 3.64. The van der Waals surface area contributed by atoms with Crippen molar-refractivity contribution in [2.45, 2.75) is 12.8 Å². The van der Waals surface area contributed by atoms with Crippen molar-refractivity contribution in [3.8, 4) is 5.75 Å². The van der Waals surface area contributed by atoms with Crippen molar-refractivity contribution >= 4 is 11.9 Å². The zero-order valence-corrected chi connectivity index (χ0v) is 12.1. The Morgan fingerprint density at radius 3 is 2.71 bits per heavy atom. The summed E-state index contributed by atoms with van der Waals surface area (Å²) >= 11 is 0. The number of methoxy groups -OCH3 is 2. The summed E-state index contributed by atoms with van der Waals surface area (Å²) in [5.41, 5.74) is 0.249. The number of esters is 1. The van der Waals surface area contributed by atoms with E-state index in [9.17, 15) is 14.0 Å². The minimum Gasteiger partial charge on any atom is -0.494 e. The van der Waals surface area contributed by atoms with Crippen LogP contribution in [0.4, 0.5) is 4.39 Å². The Morgan fingerprint density at radius 2 is 2.10 bits per heavy atom. The van der Waals surface area contributed by atoms with E-state index >= 15 is 0 Å². The Balaban J connectivity index is 2.12. The summed E-state index contributed by atoms with van der Waals surface area (Å²) in [6, 6.07) is 4.10. The van der Waals surface area contributed by atoms with Crippen LogP contribution in [0, 0.1) is 11.7 Å². The van der Waals surface area contributed by atoms with Gasteiger partial charge in [0.2, 0.25) is 0 Å². The Morgan fingerprint density at radius 1 is 1.33 bits per heavy atom. The molecule has 1 amide bonds. The number of nitrogens with zero attached hydrogens (tertiary/aromatic N) is 1. The molecule has 1 aromatic carbocycles. The van der Waals surface area contributed by atoms with Gasteiger partial charge in [-0.3, -0.25) is 9.59 Å². The van der Waals surface area contributed by atoms with Gasteiger partial charge in [0.15, 0.2) is 11.6 Å². The lowest BCUT2D eigenvalue weighted by atomic mass is 9.97. The maximum absolute atomic E-state index is 13.7. The van der Waals surface area contributed by atoms with Crippen LogP contribution in [-0.4, -0.2) is 44.1 Å². The van der Waals surface area contributed by atoms with Crippen molar-refractivity contribution in [1.82, 2.24) is 4.90 Å². The van der Waals surface area contributed by atoms with Crippen LogP contribution in [0.1, 0.15) is 23.2 Å². The largest absolute Gasteiger partial charge is 0.494 e. The lowest BCUT2D eigenvalue weighted by Crippen LogP contribution is -2.42. The van der Waals surface area contributed by atoms with Crippen LogP contribution < -0.4 is 4.74 Å². The predicted octanol–water partition coefficient (Wildman–Crippen LogP) is 1.86. The summed E-state index contributed by atoms with van der Waals surface area (Å²) in [5, 5.41) is 0. The second kappa shape index (κ2) is 6.56. The molecule has 0 aliphatic carbocycles. The topological polar surface area (TPSA) is 55.8 Å². The number of hydrogen-bond acceptors (Lipinski definition) is 4. The van der Waals surface area contributed by atoms with Gasteiger partial charge in [0.05, 0.1) is 20.1 Å². The van der Waals surface area contributed by atoms with Crippen molar-refractivity contribution in [2.24, 2.45) is 5.92 Å². The molecule has 0 aromatic heterocycles. The number of rotatable bonds is 3. The molecule has 1 fully saturated rings. The zero-order chi connectivity index (χ0) is 15.4. The van der Waals surface area contributed by atoms with E-state index in [-0.39, 0.29) is 29.1 Å². The molecule has 5 nitrogen and oxygen atoms in total. The molecule has 114 valence electrons. The van der Waals surface area contributed by atoms with Gasteiger partial charge in [-0.2, -0.15) is 0 Å². The molecule has 1 aliphatic rings. The average Bonchev–Trinajstić information content (AvgIpc) is 2.53. The van der Waals surface area contributed by atoms with Crippen molar-refractivity contribution < 1.29 is 23.5 Å². The molecule has 1 atom stereocenters. The zero-order valence-electron chi connectivity index (χ0n) is 12.1. The molecule has 1 aliphatic heterocycles. The molecule has 0 radical (unpaired) electrons. The predicted molar refractivity (Wildman–Crippen MR) is 73.6 cm³/mol. The number of piperidine rings is 1. The maximum Gasteiger partial charge on any atom is 0.310 e. The smallest absolute Gasteiger partial charge is 0.310 e. The molecule has 21 heavy (non-hydrogen) atoms. The van der Waals surface area contributed by atoms with E-state index in [1.165, 1.54) is 26.4 Å². The van der Waals surface area contributed by atoms with E-state index in [4.69, 9.17) is 9.47 Å². The SMILES string of the molecule is COC(=O)[C@H]1CCCN(C(=O)c2ccc(OC)c(F)c2)C1. The van der Waals surface area contributed by atoms with Crippen molar-refractivity contribution in [3.63, 3.8) is 0 Å². The maximum atomic E-state index is 13.7. The molecule has 0 bridgehead atoms. The molecule has 1 heterocycles. The van der Waals surface area contributed by atoms with Crippen LogP contribution in [0.3, 0.4) is 0 Å². The molecule has 2 rings (SSSR count). The molecule has 0 spiro atoms. The van der Waals surface area contributed by atoms with Gasteiger partial charge in [0.25, 0.3) is 5.91 Å². The first-order chi connectivity index (χ1) is 10.1. The van der Waals surface area contributed by atoms with E-state index in [0.29, 0.717) is 19.5 Å². The molecule has 1 saturated heterocycles. The lowest BCUT2D eigenvalue weighted by Gasteiger charge is -2.31. The van der Waals surface area contributed by atoms with Gasteiger partial charge >= 0.3 is 5.97 Å². The molecule has 0 unspecified atom stereocenters. The number of carbonyl (C=O) groups excluding carboxylic acids is 2. The molecule has 6 heteroatoms. The second-order valence-corrected chi connectivity index (χ2v) is 4.96. The minimum atomic E-state index is -0.579. The van der Waals surface area contributed by atoms with Crippen LogP contribution in [-0.2, 0) is 9.53 Å². The third kappa shape index (κ3) is 3.32. The average molecular weight is 295 g/mol. The molecular weight excluding hydrogens is 277 g/mol. The lowest BCUT2D eigenvalue weighted by molar-refractivity contribution is -0.146. The number of amides is 1. The van der Waals surface area contributed by atoms with Crippen LogP contribution in [0.15, 0.2) is 18.2 Å².